The van der Waals surface area contributed by atoms with Crippen LogP contribution >= 0.6 is 11.6 Å². The van der Waals surface area contributed by atoms with Gasteiger partial charge in [0.15, 0.2) is 0 Å². The molecule has 1 aromatic heterocycles. The van der Waals surface area contributed by atoms with Crippen LogP contribution in [0.2, 0.25) is 5.02 Å². The highest BCUT2D eigenvalue weighted by molar-refractivity contribution is 7.84. The average Bonchev–Trinajstić information content (AvgIpc) is 2.64. The molecule has 6 nitrogen and oxygen atoms in total. The zero-order chi connectivity index (χ0) is 18.5. The molecule has 1 unspecified atom stereocenters. The van der Waals surface area contributed by atoms with Crippen molar-refractivity contribution in [2.24, 2.45) is 0 Å². The Hall–Kier alpha value is -2.77. The molecule has 2 aromatic carbocycles. The van der Waals surface area contributed by atoms with Gasteiger partial charge in [-0.2, -0.15) is 0 Å². The Morgan fingerprint density at radius 2 is 1.88 bits per heavy atom. The smallest absolute Gasteiger partial charge is 0.289 e. The first kappa shape index (κ1) is 18.0. The van der Waals surface area contributed by atoms with Gasteiger partial charge in [-0.15, -0.1) is 0 Å². The molecule has 1 atom stereocenters. The standard InChI is InChI=1S/C18H14ClN3O3S/c19-17-10-15(22(23)24)11-20-18(17)21-14-6-4-5-13(9-14)12-26(25)16-7-2-1-3-8-16/h1-11H,12H2,(H,20,21). The van der Waals surface area contributed by atoms with Crippen LogP contribution in [0.5, 0.6) is 0 Å². The Morgan fingerprint density at radius 1 is 1.12 bits per heavy atom. The maximum Gasteiger partial charge on any atom is 0.289 e. The number of benzene rings is 2. The molecular formula is C18H14ClN3O3S. The van der Waals surface area contributed by atoms with Crippen LogP contribution in [0.4, 0.5) is 17.2 Å². The molecule has 0 bridgehead atoms. The van der Waals surface area contributed by atoms with Crippen molar-refractivity contribution < 1.29 is 9.13 Å². The highest BCUT2D eigenvalue weighted by Crippen LogP contribution is 2.27. The van der Waals surface area contributed by atoms with Gasteiger partial charge >= 0.3 is 0 Å². The van der Waals surface area contributed by atoms with Crippen molar-refractivity contribution in [1.82, 2.24) is 4.98 Å². The fourth-order valence-electron chi connectivity index (χ4n) is 2.30. The SMILES string of the molecule is O=[N+]([O-])c1cnc(Nc2cccc(CS(=O)c3ccccc3)c2)c(Cl)c1. The third-order valence-corrected chi connectivity index (χ3v) is 5.21. The summed E-state index contributed by atoms with van der Waals surface area (Å²) in [5.41, 5.74) is 1.42. The van der Waals surface area contributed by atoms with Gasteiger partial charge in [-0.25, -0.2) is 4.98 Å². The maximum absolute atomic E-state index is 12.4. The quantitative estimate of drug-likeness (QED) is 0.489. The Labute approximate surface area is 157 Å². The molecule has 8 heteroatoms. The van der Waals surface area contributed by atoms with Crippen molar-refractivity contribution >= 4 is 39.6 Å². The van der Waals surface area contributed by atoms with E-state index < -0.39 is 15.7 Å². The molecular weight excluding hydrogens is 374 g/mol. The van der Waals surface area contributed by atoms with E-state index in [9.17, 15) is 14.3 Å². The Balaban J connectivity index is 1.75. The highest BCUT2D eigenvalue weighted by Gasteiger charge is 2.11. The fraction of sp³-hybridized carbons (Fsp3) is 0.0556. The molecule has 0 fully saturated rings. The summed E-state index contributed by atoms with van der Waals surface area (Å²) in [6.45, 7) is 0. The van der Waals surface area contributed by atoms with Crippen LogP contribution < -0.4 is 5.32 Å². The molecule has 0 aliphatic heterocycles. The number of nitro groups is 1. The lowest BCUT2D eigenvalue weighted by Gasteiger charge is -2.09. The molecule has 3 rings (SSSR count). The van der Waals surface area contributed by atoms with Gasteiger partial charge < -0.3 is 5.32 Å². The van der Waals surface area contributed by atoms with Crippen molar-refractivity contribution in [3.63, 3.8) is 0 Å². The number of anilines is 2. The molecule has 0 aliphatic carbocycles. The minimum Gasteiger partial charge on any atom is -0.339 e. The van der Waals surface area contributed by atoms with Crippen LogP contribution in [0.25, 0.3) is 0 Å². The molecule has 26 heavy (non-hydrogen) atoms. The molecule has 132 valence electrons. The summed E-state index contributed by atoms with van der Waals surface area (Å²) in [6.07, 6.45) is 1.14. The predicted octanol–water partition coefficient (Wildman–Crippen LogP) is 4.69. The first-order valence-corrected chi connectivity index (χ1v) is 9.32. The Kier molecular flexibility index (Phi) is 5.60. The summed E-state index contributed by atoms with van der Waals surface area (Å²) in [4.78, 5) is 14.9. The van der Waals surface area contributed by atoms with Gasteiger partial charge in [0.25, 0.3) is 5.69 Å². The van der Waals surface area contributed by atoms with Gasteiger partial charge in [-0.3, -0.25) is 14.3 Å². The summed E-state index contributed by atoms with van der Waals surface area (Å²) in [6, 6.07) is 17.9. The number of pyridine rings is 1. The minimum absolute atomic E-state index is 0.150. The third-order valence-electron chi connectivity index (χ3n) is 3.53. The van der Waals surface area contributed by atoms with Gasteiger partial charge in [0.05, 0.1) is 26.5 Å². The van der Waals surface area contributed by atoms with Gasteiger partial charge in [-0.1, -0.05) is 41.9 Å². The number of hydrogen-bond donors (Lipinski definition) is 1. The first-order chi connectivity index (χ1) is 12.5. The monoisotopic (exact) mass is 387 g/mol. The summed E-state index contributed by atoms with van der Waals surface area (Å²) in [7, 11) is -1.15. The Bertz CT molecular complexity index is 967. The Morgan fingerprint density at radius 3 is 2.58 bits per heavy atom. The highest BCUT2D eigenvalue weighted by atomic mass is 35.5. The number of nitrogens with zero attached hydrogens (tertiary/aromatic N) is 2. The van der Waals surface area contributed by atoms with Crippen LogP contribution in [0.15, 0.2) is 71.8 Å². The summed E-state index contributed by atoms with van der Waals surface area (Å²) in [5.74, 6) is 0.694. The number of hydrogen-bond acceptors (Lipinski definition) is 5. The maximum atomic E-state index is 12.4. The lowest BCUT2D eigenvalue weighted by Crippen LogP contribution is -1.99. The third kappa shape index (κ3) is 4.44. The minimum atomic E-state index is -1.15. The normalized spacial score (nSPS) is 11.7. The molecule has 0 spiro atoms. The molecule has 0 amide bonds. The number of aromatic nitrogens is 1. The molecule has 0 aliphatic rings. The van der Waals surface area contributed by atoms with Crippen molar-refractivity contribution in [2.45, 2.75) is 10.6 Å². The van der Waals surface area contributed by atoms with E-state index in [-0.39, 0.29) is 10.7 Å². The lowest BCUT2D eigenvalue weighted by molar-refractivity contribution is -0.385. The lowest BCUT2D eigenvalue weighted by atomic mass is 10.2. The van der Waals surface area contributed by atoms with E-state index in [1.165, 1.54) is 6.07 Å². The molecule has 0 saturated heterocycles. The fourth-order valence-corrected chi connectivity index (χ4v) is 3.62. The number of halogens is 1. The molecule has 3 aromatic rings. The topological polar surface area (TPSA) is 85.1 Å². The van der Waals surface area contributed by atoms with Crippen molar-refractivity contribution in [3.05, 3.63) is 87.6 Å². The zero-order valence-corrected chi connectivity index (χ0v) is 15.0. The van der Waals surface area contributed by atoms with E-state index in [1.54, 1.807) is 0 Å². The van der Waals surface area contributed by atoms with Crippen molar-refractivity contribution in [1.29, 1.82) is 0 Å². The van der Waals surface area contributed by atoms with Crippen molar-refractivity contribution in [3.8, 4) is 0 Å². The molecule has 0 saturated carbocycles. The van der Waals surface area contributed by atoms with Crippen LogP contribution in [0.3, 0.4) is 0 Å². The molecule has 0 radical (unpaired) electrons. The largest absolute Gasteiger partial charge is 0.339 e. The molecule has 1 heterocycles. The number of rotatable bonds is 6. The van der Waals surface area contributed by atoms with Crippen LogP contribution in [0, 0.1) is 10.1 Å². The van der Waals surface area contributed by atoms with Gasteiger partial charge in [0, 0.05) is 16.6 Å². The van der Waals surface area contributed by atoms with Crippen LogP contribution in [-0.2, 0) is 16.6 Å². The van der Waals surface area contributed by atoms with E-state index >= 15 is 0 Å². The number of nitrogens with one attached hydrogen (secondary N) is 1. The average molecular weight is 388 g/mol. The zero-order valence-electron chi connectivity index (χ0n) is 13.5. The van der Waals surface area contributed by atoms with Gasteiger partial charge in [-0.05, 0) is 29.8 Å². The predicted molar refractivity (Wildman–Crippen MR) is 102 cm³/mol. The van der Waals surface area contributed by atoms with Crippen LogP contribution in [-0.4, -0.2) is 14.1 Å². The summed E-state index contributed by atoms with van der Waals surface area (Å²) >= 11 is 6.05. The second-order valence-corrected chi connectivity index (χ2v) is 7.27. The van der Waals surface area contributed by atoms with E-state index in [0.717, 1.165) is 16.7 Å². The second-order valence-electron chi connectivity index (χ2n) is 5.41. The first-order valence-electron chi connectivity index (χ1n) is 7.62. The van der Waals surface area contributed by atoms with E-state index in [0.29, 0.717) is 17.3 Å². The van der Waals surface area contributed by atoms with Gasteiger partial charge in [0.1, 0.15) is 12.0 Å². The molecule has 1 N–H and O–H groups in total. The van der Waals surface area contributed by atoms with Crippen LogP contribution in [0.1, 0.15) is 5.56 Å². The second kappa shape index (κ2) is 8.07. The van der Waals surface area contributed by atoms with Crippen molar-refractivity contribution in [2.75, 3.05) is 5.32 Å². The summed E-state index contributed by atoms with van der Waals surface area (Å²) < 4.78 is 12.4. The van der Waals surface area contributed by atoms with E-state index in [2.05, 4.69) is 10.3 Å². The van der Waals surface area contributed by atoms with Gasteiger partial charge in [0.2, 0.25) is 0 Å². The van der Waals surface area contributed by atoms with E-state index in [4.69, 9.17) is 11.6 Å². The van der Waals surface area contributed by atoms with E-state index in [1.807, 2.05) is 54.6 Å². The summed E-state index contributed by atoms with van der Waals surface area (Å²) in [5, 5.41) is 13.9.